The Balaban J connectivity index is 1.81. The van der Waals surface area contributed by atoms with E-state index in [-0.39, 0.29) is 0 Å². The molecule has 0 amide bonds. The van der Waals surface area contributed by atoms with Crippen LogP contribution in [-0.2, 0) is 6.42 Å². The maximum Gasteiger partial charge on any atom is 0.122 e. The van der Waals surface area contributed by atoms with E-state index in [1.54, 1.807) is 0 Å². The van der Waals surface area contributed by atoms with E-state index in [9.17, 15) is 0 Å². The monoisotopic (exact) mass is 268 g/mol. The van der Waals surface area contributed by atoms with Gasteiger partial charge in [-0.2, -0.15) is 0 Å². The zero-order valence-corrected chi connectivity index (χ0v) is 12.0. The highest BCUT2D eigenvalue weighted by atomic mass is 16.5. The van der Waals surface area contributed by atoms with E-state index in [1.807, 2.05) is 19.2 Å². The van der Waals surface area contributed by atoms with Gasteiger partial charge in [-0.05, 0) is 48.7 Å². The highest BCUT2D eigenvalue weighted by molar-refractivity contribution is 5.46. The maximum absolute atomic E-state index is 5.57. The van der Waals surface area contributed by atoms with Crippen molar-refractivity contribution in [3.63, 3.8) is 0 Å². The lowest BCUT2D eigenvalue weighted by Crippen LogP contribution is -2.10. The number of hydrogen-bond donors (Lipinski definition) is 1. The molecule has 1 aromatic heterocycles. The van der Waals surface area contributed by atoms with Crippen LogP contribution in [0.3, 0.4) is 0 Å². The van der Waals surface area contributed by atoms with Crippen molar-refractivity contribution in [2.75, 3.05) is 11.9 Å². The van der Waals surface area contributed by atoms with Crippen molar-refractivity contribution in [2.24, 2.45) is 0 Å². The topological polar surface area (TPSA) is 34.2 Å². The number of anilines is 1. The number of pyridine rings is 1. The molecular formula is C17H20N2O. The minimum atomic E-state index is 0.311. The predicted octanol–water partition coefficient (Wildman–Crippen LogP) is 3.89. The molecule has 3 rings (SSSR count). The second-order valence-electron chi connectivity index (χ2n) is 5.26. The average molecular weight is 268 g/mol. The van der Waals surface area contributed by atoms with E-state index in [0.29, 0.717) is 6.04 Å². The highest BCUT2D eigenvalue weighted by Gasteiger charge is 2.16. The molecule has 20 heavy (non-hydrogen) atoms. The molecule has 104 valence electrons. The molecule has 3 heteroatoms. The van der Waals surface area contributed by atoms with Crippen molar-refractivity contribution in [2.45, 2.75) is 32.7 Å². The fourth-order valence-corrected chi connectivity index (χ4v) is 2.60. The van der Waals surface area contributed by atoms with Gasteiger partial charge in [0, 0.05) is 12.1 Å². The van der Waals surface area contributed by atoms with Gasteiger partial charge in [0.1, 0.15) is 5.75 Å². The smallest absolute Gasteiger partial charge is 0.122 e. The first-order valence-electron chi connectivity index (χ1n) is 7.21. The summed E-state index contributed by atoms with van der Waals surface area (Å²) < 4.78 is 5.57. The lowest BCUT2D eigenvalue weighted by atomic mass is 10.0. The zero-order chi connectivity index (χ0) is 13.9. The van der Waals surface area contributed by atoms with Gasteiger partial charge in [0.05, 0.1) is 24.5 Å². The number of nitrogens with one attached hydrogen (secondary N) is 1. The summed E-state index contributed by atoms with van der Waals surface area (Å²) in [6.07, 6.45) is 3.95. The van der Waals surface area contributed by atoms with Crippen molar-refractivity contribution < 1.29 is 4.74 Å². The molecule has 0 saturated carbocycles. The summed E-state index contributed by atoms with van der Waals surface area (Å²) in [5.41, 5.74) is 4.75. The molecular weight excluding hydrogens is 248 g/mol. The van der Waals surface area contributed by atoms with E-state index < -0.39 is 0 Å². The Morgan fingerprint density at radius 3 is 2.95 bits per heavy atom. The highest BCUT2D eigenvalue weighted by Crippen LogP contribution is 2.30. The van der Waals surface area contributed by atoms with Crippen LogP contribution in [0.25, 0.3) is 0 Å². The van der Waals surface area contributed by atoms with Gasteiger partial charge in [0.15, 0.2) is 0 Å². The quantitative estimate of drug-likeness (QED) is 0.913. The van der Waals surface area contributed by atoms with Crippen LogP contribution in [0, 0.1) is 6.92 Å². The molecule has 0 saturated heterocycles. The predicted molar refractivity (Wildman–Crippen MR) is 81.3 cm³/mol. The van der Waals surface area contributed by atoms with Gasteiger partial charge in [-0.15, -0.1) is 0 Å². The van der Waals surface area contributed by atoms with Gasteiger partial charge >= 0.3 is 0 Å². The Morgan fingerprint density at radius 2 is 2.20 bits per heavy atom. The molecule has 3 nitrogen and oxygen atoms in total. The number of fused-ring (bicyclic) bond motifs is 1. The van der Waals surface area contributed by atoms with Crippen LogP contribution in [0.15, 0.2) is 36.5 Å². The Hall–Kier alpha value is -2.03. The number of ether oxygens (including phenoxy) is 1. The van der Waals surface area contributed by atoms with Gasteiger partial charge in [-0.1, -0.05) is 13.0 Å². The molecule has 0 aliphatic carbocycles. The molecule has 2 heterocycles. The molecule has 1 aliphatic heterocycles. The third kappa shape index (κ3) is 2.62. The number of nitrogens with zero attached hydrogens (tertiary/aromatic N) is 1. The minimum absolute atomic E-state index is 0.311. The molecule has 0 fully saturated rings. The second kappa shape index (κ2) is 5.53. The number of hydrogen-bond acceptors (Lipinski definition) is 3. The molecule has 0 bridgehead atoms. The third-order valence-electron chi connectivity index (χ3n) is 3.78. The molecule has 0 spiro atoms. The van der Waals surface area contributed by atoms with E-state index in [0.717, 1.165) is 36.6 Å². The third-order valence-corrected chi connectivity index (χ3v) is 3.78. The molecule has 1 aliphatic rings. The first kappa shape index (κ1) is 13.0. The average Bonchev–Trinajstić information content (AvgIpc) is 2.94. The standard InChI is InChI=1S/C17H20N2O/c1-3-16(19-15-6-4-12(2)18-11-15)13-5-7-17-14(10-13)8-9-20-17/h4-7,10-11,16,19H,3,8-9H2,1-2H3. The van der Waals surface area contributed by atoms with Crippen LogP contribution in [0.2, 0.25) is 0 Å². The maximum atomic E-state index is 5.57. The van der Waals surface area contributed by atoms with Gasteiger partial charge < -0.3 is 10.1 Å². The van der Waals surface area contributed by atoms with Crippen LogP contribution in [-0.4, -0.2) is 11.6 Å². The first-order valence-corrected chi connectivity index (χ1v) is 7.21. The van der Waals surface area contributed by atoms with Crippen molar-refractivity contribution in [1.29, 1.82) is 0 Å². The summed E-state index contributed by atoms with van der Waals surface area (Å²) in [5, 5.41) is 3.56. The number of benzene rings is 1. The van der Waals surface area contributed by atoms with Crippen molar-refractivity contribution in [3.05, 3.63) is 53.3 Å². The van der Waals surface area contributed by atoms with Crippen LogP contribution in [0.1, 0.15) is 36.2 Å². The Labute approximate surface area is 120 Å². The fraction of sp³-hybridized carbons (Fsp3) is 0.353. The first-order chi connectivity index (χ1) is 9.76. The van der Waals surface area contributed by atoms with E-state index in [1.165, 1.54) is 11.1 Å². The number of aromatic nitrogens is 1. The van der Waals surface area contributed by atoms with Crippen LogP contribution in [0.5, 0.6) is 5.75 Å². The number of rotatable bonds is 4. The lowest BCUT2D eigenvalue weighted by molar-refractivity contribution is 0.357. The molecule has 1 aromatic carbocycles. The molecule has 1 unspecified atom stereocenters. The van der Waals surface area contributed by atoms with Crippen LogP contribution in [0.4, 0.5) is 5.69 Å². The number of aryl methyl sites for hydroxylation is 1. The van der Waals surface area contributed by atoms with Gasteiger partial charge in [0.2, 0.25) is 0 Å². The van der Waals surface area contributed by atoms with Crippen molar-refractivity contribution in [3.8, 4) is 5.75 Å². The normalized spacial score (nSPS) is 14.5. The second-order valence-corrected chi connectivity index (χ2v) is 5.26. The summed E-state index contributed by atoms with van der Waals surface area (Å²) >= 11 is 0. The Bertz CT molecular complexity index is 592. The van der Waals surface area contributed by atoms with Gasteiger partial charge in [0.25, 0.3) is 0 Å². The SMILES string of the molecule is CCC(Nc1ccc(C)nc1)c1ccc2c(c1)CCO2. The Morgan fingerprint density at radius 1 is 1.30 bits per heavy atom. The largest absolute Gasteiger partial charge is 0.493 e. The van der Waals surface area contributed by atoms with Crippen molar-refractivity contribution >= 4 is 5.69 Å². The summed E-state index contributed by atoms with van der Waals surface area (Å²) in [6, 6.07) is 10.9. The van der Waals surface area contributed by atoms with Crippen LogP contribution < -0.4 is 10.1 Å². The van der Waals surface area contributed by atoms with E-state index >= 15 is 0 Å². The minimum Gasteiger partial charge on any atom is -0.493 e. The van der Waals surface area contributed by atoms with Gasteiger partial charge in [-0.3, -0.25) is 4.98 Å². The fourth-order valence-electron chi connectivity index (χ4n) is 2.60. The zero-order valence-electron chi connectivity index (χ0n) is 12.0. The molecule has 2 aromatic rings. The lowest BCUT2D eigenvalue weighted by Gasteiger charge is -2.19. The summed E-state index contributed by atoms with van der Waals surface area (Å²) in [4.78, 5) is 4.34. The van der Waals surface area contributed by atoms with E-state index in [4.69, 9.17) is 4.74 Å². The Kier molecular flexibility index (Phi) is 3.59. The molecule has 0 radical (unpaired) electrons. The summed E-state index contributed by atoms with van der Waals surface area (Å²) in [5.74, 6) is 1.04. The van der Waals surface area contributed by atoms with Crippen LogP contribution >= 0.6 is 0 Å². The van der Waals surface area contributed by atoms with Crippen molar-refractivity contribution in [1.82, 2.24) is 4.98 Å². The van der Waals surface area contributed by atoms with E-state index in [2.05, 4.69) is 41.5 Å². The molecule has 1 atom stereocenters. The molecule has 1 N–H and O–H groups in total. The summed E-state index contributed by atoms with van der Waals surface area (Å²) in [6.45, 7) is 5.01. The summed E-state index contributed by atoms with van der Waals surface area (Å²) in [7, 11) is 0. The van der Waals surface area contributed by atoms with Gasteiger partial charge in [-0.25, -0.2) is 0 Å².